The fourth-order valence-corrected chi connectivity index (χ4v) is 4.84. The van der Waals surface area contributed by atoms with Gasteiger partial charge in [-0.05, 0) is 44.6 Å². The molecule has 1 aromatic heterocycles. The Hall–Kier alpha value is -1.25. The van der Waals surface area contributed by atoms with Crippen LogP contribution in [0.15, 0.2) is 23.1 Å². The van der Waals surface area contributed by atoms with Gasteiger partial charge in [-0.2, -0.15) is 22.5 Å². The average molecular weight is 326 g/mol. The first-order chi connectivity index (χ1) is 10.6. The predicted molar refractivity (Wildman–Crippen MR) is 82.7 cm³/mol. The van der Waals surface area contributed by atoms with Crippen LogP contribution in [0.2, 0.25) is 0 Å². The van der Waals surface area contributed by atoms with Gasteiger partial charge in [-0.25, -0.2) is 4.68 Å². The zero-order chi connectivity index (χ0) is 15.6. The molecule has 1 saturated carbocycles. The molecule has 2 heterocycles. The maximum atomic E-state index is 12.3. The van der Waals surface area contributed by atoms with E-state index in [-0.39, 0.29) is 17.6 Å². The quantitative estimate of drug-likeness (QED) is 0.881. The summed E-state index contributed by atoms with van der Waals surface area (Å²) in [5, 5.41) is 4.12. The molecule has 7 nitrogen and oxygen atoms in total. The van der Waals surface area contributed by atoms with E-state index < -0.39 is 10.2 Å². The van der Waals surface area contributed by atoms with E-state index in [1.54, 1.807) is 12.3 Å². The number of rotatable bonds is 4. The minimum absolute atomic E-state index is 0.0405. The van der Waals surface area contributed by atoms with Crippen molar-refractivity contribution < 1.29 is 8.42 Å². The van der Waals surface area contributed by atoms with Gasteiger partial charge in [0.1, 0.15) is 0 Å². The minimum Gasteiger partial charge on any atom is -0.268 e. The molecule has 2 aliphatic rings. The highest BCUT2D eigenvalue weighted by atomic mass is 32.2. The Morgan fingerprint density at radius 2 is 1.82 bits per heavy atom. The summed E-state index contributed by atoms with van der Waals surface area (Å²) < 4.78 is 30.4. The van der Waals surface area contributed by atoms with Crippen molar-refractivity contribution in [2.24, 2.45) is 0 Å². The summed E-state index contributed by atoms with van der Waals surface area (Å²) in [6.45, 7) is 1.24. The van der Waals surface area contributed by atoms with Gasteiger partial charge in [0, 0.05) is 31.4 Å². The maximum absolute atomic E-state index is 12.3. The van der Waals surface area contributed by atoms with Crippen LogP contribution in [0.25, 0.3) is 0 Å². The lowest BCUT2D eigenvalue weighted by Crippen LogP contribution is -2.45. The average Bonchev–Trinajstić information content (AvgIpc) is 3.04. The Labute approximate surface area is 130 Å². The SMILES string of the molecule is O=c1cccnn1C1CCC(NS(=O)(=O)N2CCCC2)CC1. The molecule has 0 spiro atoms. The molecule has 0 amide bonds. The van der Waals surface area contributed by atoms with E-state index in [1.165, 1.54) is 15.1 Å². The van der Waals surface area contributed by atoms with E-state index >= 15 is 0 Å². The van der Waals surface area contributed by atoms with Crippen LogP contribution in [-0.4, -0.2) is 41.6 Å². The molecular formula is C14H22N4O3S. The Morgan fingerprint density at radius 1 is 1.14 bits per heavy atom. The third-order valence-electron chi connectivity index (χ3n) is 4.50. The topological polar surface area (TPSA) is 84.3 Å². The fraction of sp³-hybridized carbons (Fsp3) is 0.714. The molecule has 2 fully saturated rings. The van der Waals surface area contributed by atoms with Crippen LogP contribution >= 0.6 is 0 Å². The van der Waals surface area contributed by atoms with Gasteiger partial charge >= 0.3 is 0 Å². The summed E-state index contributed by atoms with van der Waals surface area (Å²) in [5.74, 6) is 0. The van der Waals surface area contributed by atoms with E-state index in [2.05, 4.69) is 9.82 Å². The molecule has 0 unspecified atom stereocenters. The summed E-state index contributed by atoms with van der Waals surface area (Å²) in [6, 6.07) is 3.17. The van der Waals surface area contributed by atoms with Crippen LogP contribution in [0.1, 0.15) is 44.6 Å². The number of aromatic nitrogens is 2. The van der Waals surface area contributed by atoms with E-state index in [1.807, 2.05) is 0 Å². The van der Waals surface area contributed by atoms with Crippen LogP contribution in [0, 0.1) is 0 Å². The summed E-state index contributed by atoms with van der Waals surface area (Å²) in [7, 11) is -3.35. The van der Waals surface area contributed by atoms with E-state index in [0.717, 1.165) is 38.5 Å². The Morgan fingerprint density at radius 3 is 2.45 bits per heavy atom. The van der Waals surface area contributed by atoms with E-state index in [9.17, 15) is 13.2 Å². The van der Waals surface area contributed by atoms with Gasteiger partial charge in [-0.1, -0.05) is 0 Å². The Kier molecular flexibility index (Phi) is 4.60. The van der Waals surface area contributed by atoms with Gasteiger partial charge in [-0.3, -0.25) is 4.79 Å². The first kappa shape index (κ1) is 15.6. The van der Waals surface area contributed by atoms with Crippen LogP contribution in [-0.2, 0) is 10.2 Å². The molecule has 1 aliphatic carbocycles. The van der Waals surface area contributed by atoms with Crippen molar-refractivity contribution in [2.45, 2.75) is 50.6 Å². The second-order valence-electron chi connectivity index (χ2n) is 6.04. The highest BCUT2D eigenvalue weighted by Crippen LogP contribution is 2.27. The first-order valence-electron chi connectivity index (χ1n) is 7.87. The standard InChI is InChI=1S/C14H22N4O3S/c19-14-4-3-9-15-18(14)13-7-5-12(6-8-13)16-22(20,21)17-10-1-2-11-17/h3-4,9,12-13,16H,1-2,5-8,10-11H2. The normalized spacial score (nSPS) is 27.1. The van der Waals surface area contributed by atoms with Crippen LogP contribution < -0.4 is 10.3 Å². The summed E-state index contributed by atoms with van der Waals surface area (Å²) in [6.07, 6.45) is 6.51. The molecule has 1 aliphatic heterocycles. The van der Waals surface area contributed by atoms with Gasteiger partial charge in [0.2, 0.25) is 0 Å². The maximum Gasteiger partial charge on any atom is 0.279 e. The van der Waals surface area contributed by atoms with Crippen molar-refractivity contribution in [3.63, 3.8) is 0 Å². The van der Waals surface area contributed by atoms with Crippen molar-refractivity contribution in [3.05, 3.63) is 28.7 Å². The van der Waals surface area contributed by atoms with Crippen LogP contribution in [0.4, 0.5) is 0 Å². The van der Waals surface area contributed by atoms with E-state index in [4.69, 9.17) is 0 Å². The number of nitrogens with one attached hydrogen (secondary N) is 1. The fourth-order valence-electron chi connectivity index (χ4n) is 3.30. The van der Waals surface area contributed by atoms with Crippen LogP contribution in [0.3, 0.4) is 0 Å². The largest absolute Gasteiger partial charge is 0.279 e. The lowest BCUT2D eigenvalue weighted by atomic mass is 9.92. The van der Waals surface area contributed by atoms with Gasteiger partial charge in [-0.15, -0.1) is 0 Å². The van der Waals surface area contributed by atoms with Crippen molar-refractivity contribution in [1.29, 1.82) is 0 Å². The van der Waals surface area contributed by atoms with Crippen molar-refractivity contribution >= 4 is 10.2 Å². The molecule has 22 heavy (non-hydrogen) atoms. The van der Waals surface area contributed by atoms with Crippen LogP contribution in [0.5, 0.6) is 0 Å². The van der Waals surface area contributed by atoms with Crippen molar-refractivity contribution in [2.75, 3.05) is 13.1 Å². The molecule has 3 rings (SSSR count). The van der Waals surface area contributed by atoms with Crippen molar-refractivity contribution in [1.82, 2.24) is 18.8 Å². The second kappa shape index (κ2) is 6.47. The highest BCUT2D eigenvalue weighted by Gasteiger charge is 2.30. The molecule has 0 aromatic carbocycles. The highest BCUT2D eigenvalue weighted by molar-refractivity contribution is 7.87. The molecule has 1 N–H and O–H groups in total. The smallest absolute Gasteiger partial charge is 0.268 e. The van der Waals surface area contributed by atoms with Gasteiger partial charge in [0.15, 0.2) is 0 Å². The molecule has 1 aromatic rings. The Balaban J connectivity index is 1.58. The predicted octanol–water partition coefficient (Wildman–Crippen LogP) is 0.657. The lowest BCUT2D eigenvalue weighted by molar-refractivity contribution is 0.282. The molecule has 0 radical (unpaired) electrons. The second-order valence-corrected chi connectivity index (χ2v) is 7.74. The molecule has 1 saturated heterocycles. The molecule has 0 atom stereocenters. The third-order valence-corrected chi connectivity index (χ3v) is 6.18. The third kappa shape index (κ3) is 3.39. The monoisotopic (exact) mass is 326 g/mol. The Bertz CT molecular complexity index is 659. The molecular weight excluding hydrogens is 304 g/mol. The zero-order valence-corrected chi connectivity index (χ0v) is 13.3. The number of hydrogen-bond donors (Lipinski definition) is 1. The summed E-state index contributed by atoms with van der Waals surface area (Å²) in [4.78, 5) is 11.8. The lowest BCUT2D eigenvalue weighted by Gasteiger charge is -2.30. The molecule has 8 heteroatoms. The molecule has 122 valence electrons. The minimum atomic E-state index is -3.35. The summed E-state index contributed by atoms with van der Waals surface area (Å²) >= 11 is 0. The van der Waals surface area contributed by atoms with Gasteiger partial charge in [0.05, 0.1) is 6.04 Å². The van der Waals surface area contributed by atoms with E-state index in [0.29, 0.717) is 13.1 Å². The zero-order valence-electron chi connectivity index (χ0n) is 12.5. The summed E-state index contributed by atoms with van der Waals surface area (Å²) in [5.41, 5.74) is -0.0939. The first-order valence-corrected chi connectivity index (χ1v) is 9.31. The van der Waals surface area contributed by atoms with Gasteiger partial charge < -0.3 is 0 Å². The number of nitrogens with zero attached hydrogens (tertiary/aromatic N) is 3. The van der Waals surface area contributed by atoms with Gasteiger partial charge in [0.25, 0.3) is 15.8 Å². The van der Waals surface area contributed by atoms with Crippen molar-refractivity contribution in [3.8, 4) is 0 Å². The number of hydrogen-bond acceptors (Lipinski definition) is 4. The molecule has 0 bridgehead atoms.